The average molecular weight is 673 g/mol. The van der Waals surface area contributed by atoms with Gasteiger partial charge in [-0.25, -0.2) is 4.79 Å². The van der Waals surface area contributed by atoms with Crippen molar-refractivity contribution in [3.05, 3.63) is 23.3 Å². The fourth-order valence-corrected chi connectivity index (χ4v) is 12.1. The van der Waals surface area contributed by atoms with E-state index in [1.807, 2.05) is 13.8 Å². The van der Waals surface area contributed by atoms with E-state index in [2.05, 4.69) is 40.7 Å². The van der Waals surface area contributed by atoms with E-state index in [1.54, 1.807) is 19.9 Å². The van der Waals surface area contributed by atoms with E-state index in [9.17, 15) is 29.7 Å². The van der Waals surface area contributed by atoms with Crippen molar-refractivity contribution in [2.24, 2.45) is 50.2 Å². The van der Waals surface area contributed by atoms with Gasteiger partial charge in [-0.15, -0.1) is 0 Å². The molecule has 4 fully saturated rings. The lowest BCUT2D eigenvalue weighted by Gasteiger charge is -2.73. The SMILES string of the molecule is C/C=C(\C)C(=O)OC1C(OC(C)=O)C(C)(C)CC2C3=CCC4[C@@]5(C)CCC(O)C(C)(C)C5CC[C@@]4(C)[C@]3(C)C(OC(C)=O)C(O)[C@]21CO. The van der Waals surface area contributed by atoms with Gasteiger partial charge >= 0.3 is 17.9 Å². The Labute approximate surface area is 286 Å². The van der Waals surface area contributed by atoms with E-state index in [1.165, 1.54) is 13.8 Å². The van der Waals surface area contributed by atoms with Gasteiger partial charge in [0.1, 0.15) is 18.3 Å². The van der Waals surface area contributed by atoms with Crippen LogP contribution in [0.2, 0.25) is 0 Å². The lowest BCUT2D eigenvalue weighted by atomic mass is 9.32. The molecule has 0 aliphatic heterocycles. The molecule has 0 aromatic rings. The van der Waals surface area contributed by atoms with Gasteiger partial charge in [-0.05, 0) is 86.4 Å². The molecule has 5 rings (SSSR count). The largest absolute Gasteiger partial charge is 0.459 e. The van der Waals surface area contributed by atoms with E-state index < -0.39 is 76.5 Å². The molecule has 48 heavy (non-hydrogen) atoms. The van der Waals surface area contributed by atoms with Gasteiger partial charge in [0, 0.05) is 30.3 Å². The topological polar surface area (TPSA) is 140 Å². The van der Waals surface area contributed by atoms with Gasteiger partial charge in [-0.3, -0.25) is 9.59 Å². The van der Waals surface area contributed by atoms with E-state index in [0.29, 0.717) is 17.9 Å². The highest BCUT2D eigenvalue weighted by Gasteiger charge is 2.77. The molecular formula is C39H60O9. The summed E-state index contributed by atoms with van der Waals surface area (Å²) in [7, 11) is 0. The summed E-state index contributed by atoms with van der Waals surface area (Å²) >= 11 is 0. The molecule has 8 unspecified atom stereocenters. The second-order valence-electron chi connectivity index (χ2n) is 17.9. The number of fused-ring (bicyclic) bond motifs is 7. The molecule has 270 valence electrons. The molecule has 12 atom stereocenters. The molecular weight excluding hydrogens is 612 g/mol. The number of allylic oxidation sites excluding steroid dienone is 2. The second-order valence-corrected chi connectivity index (χ2v) is 17.9. The predicted molar refractivity (Wildman–Crippen MR) is 180 cm³/mol. The number of ether oxygens (including phenoxy) is 3. The van der Waals surface area contributed by atoms with Crippen molar-refractivity contribution < 1.29 is 43.9 Å². The minimum Gasteiger partial charge on any atom is -0.459 e. The van der Waals surface area contributed by atoms with Crippen molar-refractivity contribution in [1.82, 2.24) is 0 Å². The summed E-state index contributed by atoms with van der Waals surface area (Å²) in [5.74, 6) is -1.76. The molecule has 5 aliphatic rings. The fourth-order valence-electron chi connectivity index (χ4n) is 12.1. The number of esters is 3. The highest BCUT2D eigenvalue weighted by atomic mass is 16.6. The first-order valence-corrected chi connectivity index (χ1v) is 18.0. The van der Waals surface area contributed by atoms with E-state index in [4.69, 9.17) is 14.2 Å². The van der Waals surface area contributed by atoms with Crippen LogP contribution in [-0.2, 0) is 28.6 Å². The van der Waals surface area contributed by atoms with Crippen molar-refractivity contribution in [1.29, 1.82) is 0 Å². The van der Waals surface area contributed by atoms with Crippen LogP contribution >= 0.6 is 0 Å². The van der Waals surface area contributed by atoms with Crippen molar-refractivity contribution in [2.45, 2.75) is 145 Å². The lowest BCUT2D eigenvalue weighted by molar-refractivity contribution is -0.294. The van der Waals surface area contributed by atoms with Crippen LogP contribution in [0.1, 0.15) is 115 Å². The summed E-state index contributed by atoms with van der Waals surface area (Å²) in [4.78, 5) is 39.1. The quantitative estimate of drug-likeness (QED) is 0.146. The number of carbonyl (C=O) groups is 3. The van der Waals surface area contributed by atoms with E-state index in [-0.39, 0.29) is 22.9 Å². The van der Waals surface area contributed by atoms with Gasteiger partial charge in [-0.1, -0.05) is 66.2 Å². The first-order chi connectivity index (χ1) is 22.1. The van der Waals surface area contributed by atoms with Gasteiger partial charge in [-0.2, -0.15) is 0 Å². The molecule has 9 nitrogen and oxygen atoms in total. The number of rotatable bonds is 5. The second kappa shape index (κ2) is 11.9. The monoisotopic (exact) mass is 672 g/mol. The number of hydrogen-bond donors (Lipinski definition) is 3. The Morgan fingerprint density at radius 3 is 2.02 bits per heavy atom. The van der Waals surface area contributed by atoms with Crippen molar-refractivity contribution >= 4 is 17.9 Å². The van der Waals surface area contributed by atoms with Crippen molar-refractivity contribution in [3.8, 4) is 0 Å². The van der Waals surface area contributed by atoms with Crippen LogP contribution in [0.3, 0.4) is 0 Å². The third-order valence-electron chi connectivity index (χ3n) is 15.0. The summed E-state index contributed by atoms with van der Waals surface area (Å²) in [5.41, 5.74) is -2.53. The molecule has 9 heteroatoms. The standard InChI is InChI=1S/C39H60O9/c1-12-21(2)33(45)48-32-31(47-23(4)42)34(5,6)19-25-24-13-14-27-36(9)17-16-28(43)35(7,8)26(36)15-18-37(27,10)38(24,11)30(46-22(3)41)29(44)39(25,32)20-40/h12-13,25-32,40,43-44H,14-20H2,1-11H3/b21-12+/t25?,26?,27?,28?,29?,30?,31?,32?,36-,37+,38-,39-/m0/s1. The molecule has 0 spiro atoms. The number of carbonyl (C=O) groups excluding carboxylic acids is 3. The molecule has 0 radical (unpaired) electrons. The van der Waals surface area contributed by atoms with Gasteiger partial charge in [0.25, 0.3) is 0 Å². The third-order valence-corrected chi connectivity index (χ3v) is 15.0. The Hall–Kier alpha value is -2.23. The van der Waals surface area contributed by atoms with E-state index >= 15 is 0 Å². The van der Waals surface area contributed by atoms with Gasteiger partial charge < -0.3 is 29.5 Å². The van der Waals surface area contributed by atoms with Gasteiger partial charge in [0.2, 0.25) is 0 Å². The summed E-state index contributed by atoms with van der Waals surface area (Å²) in [5, 5.41) is 35.5. The van der Waals surface area contributed by atoms with E-state index in [0.717, 1.165) is 37.7 Å². The summed E-state index contributed by atoms with van der Waals surface area (Å²) < 4.78 is 18.4. The summed E-state index contributed by atoms with van der Waals surface area (Å²) in [6.07, 6.45) is 3.26. The Morgan fingerprint density at radius 1 is 0.854 bits per heavy atom. The Morgan fingerprint density at radius 2 is 1.46 bits per heavy atom. The Kier molecular flexibility index (Phi) is 9.21. The van der Waals surface area contributed by atoms with Crippen molar-refractivity contribution in [2.75, 3.05) is 6.61 Å². The van der Waals surface area contributed by atoms with Crippen LogP contribution in [0.25, 0.3) is 0 Å². The summed E-state index contributed by atoms with van der Waals surface area (Å²) in [6, 6.07) is 0. The van der Waals surface area contributed by atoms with Crippen LogP contribution in [0.15, 0.2) is 23.3 Å². The van der Waals surface area contributed by atoms with Crippen LogP contribution < -0.4 is 0 Å². The Bertz CT molecular complexity index is 1400. The number of aliphatic hydroxyl groups is 3. The average Bonchev–Trinajstić information content (AvgIpc) is 2.99. The molecule has 3 N–H and O–H groups in total. The fraction of sp³-hybridized carbons (Fsp3) is 0.821. The minimum absolute atomic E-state index is 0.105. The maximum Gasteiger partial charge on any atom is 0.333 e. The predicted octanol–water partition coefficient (Wildman–Crippen LogP) is 5.68. The van der Waals surface area contributed by atoms with Crippen molar-refractivity contribution in [3.63, 3.8) is 0 Å². The molecule has 4 saturated carbocycles. The highest BCUT2D eigenvalue weighted by molar-refractivity contribution is 5.87. The smallest absolute Gasteiger partial charge is 0.333 e. The zero-order chi connectivity index (χ0) is 36.0. The molecule has 5 aliphatic carbocycles. The molecule has 0 heterocycles. The number of hydrogen-bond acceptors (Lipinski definition) is 9. The molecule has 0 aromatic heterocycles. The van der Waals surface area contributed by atoms with Gasteiger partial charge in [0.05, 0.1) is 18.1 Å². The lowest BCUT2D eigenvalue weighted by Crippen LogP contribution is -2.77. The van der Waals surface area contributed by atoms with Crippen LogP contribution in [0.4, 0.5) is 0 Å². The zero-order valence-electron chi connectivity index (χ0n) is 31.0. The maximum absolute atomic E-state index is 13.5. The highest BCUT2D eigenvalue weighted by Crippen LogP contribution is 2.76. The normalized spacial score (nSPS) is 46.0. The van der Waals surface area contributed by atoms with Crippen LogP contribution in [0.5, 0.6) is 0 Å². The van der Waals surface area contributed by atoms with Crippen LogP contribution in [0, 0.1) is 50.2 Å². The number of aliphatic hydroxyl groups excluding tert-OH is 3. The third kappa shape index (κ3) is 4.90. The summed E-state index contributed by atoms with van der Waals surface area (Å²) in [6.45, 7) is 20.5. The zero-order valence-corrected chi connectivity index (χ0v) is 31.0. The molecule has 0 saturated heterocycles. The first kappa shape index (κ1) is 37.0. The van der Waals surface area contributed by atoms with Gasteiger partial charge in [0.15, 0.2) is 6.10 Å². The molecule has 0 bridgehead atoms. The maximum atomic E-state index is 13.5. The first-order valence-electron chi connectivity index (χ1n) is 18.0. The minimum atomic E-state index is -1.54. The molecule has 0 amide bonds. The Balaban J connectivity index is 1.75. The molecule has 0 aromatic carbocycles. The van der Waals surface area contributed by atoms with Crippen LogP contribution in [-0.4, -0.2) is 70.4 Å².